The average molecular weight is 252 g/mol. The largest absolute Gasteiger partial charge is 0.481 e. The number of methoxy groups -OCH3 is 1. The van der Waals surface area contributed by atoms with Crippen LogP contribution in [-0.4, -0.2) is 41.4 Å². The molecular weight excluding hydrogens is 232 g/mol. The molecule has 1 aromatic heterocycles. The van der Waals surface area contributed by atoms with Crippen molar-refractivity contribution in [2.75, 3.05) is 30.8 Å². The van der Waals surface area contributed by atoms with E-state index in [0.717, 1.165) is 31.7 Å². The lowest BCUT2D eigenvalue weighted by atomic mass is 9.92. The van der Waals surface area contributed by atoms with Crippen molar-refractivity contribution in [3.8, 4) is 5.88 Å². The van der Waals surface area contributed by atoms with Gasteiger partial charge in [-0.2, -0.15) is 9.97 Å². The topological polar surface area (TPSA) is 84.5 Å². The van der Waals surface area contributed by atoms with E-state index in [-0.39, 0.29) is 12.1 Å². The fraction of sp³-hybridized carbons (Fsp3) is 0.667. The maximum Gasteiger partial charge on any atom is 0.225 e. The second-order valence-corrected chi connectivity index (χ2v) is 4.69. The molecule has 1 atom stereocenters. The molecule has 2 rings (SSSR count). The van der Waals surface area contributed by atoms with Crippen molar-refractivity contribution in [2.45, 2.75) is 25.9 Å². The standard InChI is InChI=1S/C12H20N4O2/c1-8(17)9-3-5-16(6-4-9)10-7-11(18-2)15-12(13)14-10/h7-9,17H,3-6H2,1-2H3,(H2,13,14,15). The van der Waals surface area contributed by atoms with Crippen LogP contribution < -0.4 is 15.4 Å². The Morgan fingerprint density at radius 2 is 2.11 bits per heavy atom. The number of aliphatic hydroxyl groups is 1. The molecule has 6 heteroatoms. The van der Waals surface area contributed by atoms with E-state index < -0.39 is 0 Å². The van der Waals surface area contributed by atoms with Gasteiger partial charge in [-0.25, -0.2) is 0 Å². The van der Waals surface area contributed by atoms with Crippen molar-refractivity contribution in [2.24, 2.45) is 5.92 Å². The SMILES string of the molecule is COc1cc(N2CCC(C(C)O)CC2)nc(N)n1. The van der Waals surface area contributed by atoms with Gasteiger partial charge >= 0.3 is 0 Å². The molecule has 1 aliphatic rings. The Labute approximate surface area is 107 Å². The molecule has 6 nitrogen and oxygen atoms in total. The first-order valence-electron chi connectivity index (χ1n) is 6.21. The summed E-state index contributed by atoms with van der Waals surface area (Å²) < 4.78 is 5.09. The van der Waals surface area contributed by atoms with Gasteiger partial charge in [-0.1, -0.05) is 0 Å². The molecule has 0 aliphatic carbocycles. The second kappa shape index (κ2) is 5.39. The number of nitrogens with zero attached hydrogens (tertiary/aromatic N) is 3. The molecule has 1 aromatic rings. The van der Waals surface area contributed by atoms with E-state index in [1.165, 1.54) is 0 Å². The lowest BCUT2D eigenvalue weighted by molar-refractivity contribution is 0.110. The molecule has 0 saturated carbocycles. The predicted octanol–water partition coefficient (Wildman–Crippen LogP) is 0.665. The van der Waals surface area contributed by atoms with E-state index >= 15 is 0 Å². The summed E-state index contributed by atoms with van der Waals surface area (Å²) in [6, 6.07) is 1.79. The van der Waals surface area contributed by atoms with E-state index in [4.69, 9.17) is 10.5 Å². The number of nitrogens with two attached hydrogens (primary N) is 1. The fourth-order valence-electron chi connectivity index (χ4n) is 2.31. The molecule has 1 fully saturated rings. The van der Waals surface area contributed by atoms with E-state index in [9.17, 15) is 5.11 Å². The highest BCUT2D eigenvalue weighted by Crippen LogP contribution is 2.26. The van der Waals surface area contributed by atoms with Gasteiger partial charge in [0.2, 0.25) is 11.8 Å². The van der Waals surface area contributed by atoms with Crippen LogP contribution in [0.3, 0.4) is 0 Å². The smallest absolute Gasteiger partial charge is 0.225 e. The minimum Gasteiger partial charge on any atom is -0.481 e. The average Bonchev–Trinajstić information content (AvgIpc) is 2.38. The summed E-state index contributed by atoms with van der Waals surface area (Å²) in [5, 5.41) is 9.58. The van der Waals surface area contributed by atoms with Crippen molar-refractivity contribution in [3.63, 3.8) is 0 Å². The zero-order valence-corrected chi connectivity index (χ0v) is 10.8. The van der Waals surface area contributed by atoms with Gasteiger partial charge in [0.25, 0.3) is 0 Å². The maximum atomic E-state index is 9.58. The summed E-state index contributed by atoms with van der Waals surface area (Å²) in [7, 11) is 1.56. The molecule has 0 amide bonds. The Morgan fingerprint density at radius 1 is 1.44 bits per heavy atom. The summed E-state index contributed by atoms with van der Waals surface area (Å²) in [5.74, 6) is 1.88. The molecule has 3 N–H and O–H groups in total. The molecule has 1 unspecified atom stereocenters. The first-order chi connectivity index (χ1) is 8.60. The number of anilines is 2. The van der Waals surface area contributed by atoms with Crippen LogP contribution in [-0.2, 0) is 0 Å². The lowest BCUT2D eigenvalue weighted by Crippen LogP contribution is -2.37. The monoisotopic (exact) mass is 252 g/mol. The highest BCUT2D eigenvalue weighted by Gasteiger charge is 2.23. The molecular formula is C12H20N4O2. The van der Waals surface area contributed by atoms with Gasteiger partial charge < -0.3 is 20.5 Å². The summed E-state index contributed by atoms with van der Waals surface area (Å²) >= 11 is 0. The molecule has 1 saturated heterocycles. The van der Waals surface area contributed by atoms with Gasteiger partial charge in [-0.3, -0.25) is 0 Å². The molecule has 0 aromatic carbocycles. The maximum absolute atomic E-state index is 9.58. The first-order valence-corrected chi connectivity index (χ1v) is 6.21. The van der Waals surface area contributed by atoms with Crippen LogP contribution in [0.25, 0.3) is 0 Å². The number of aliphatic hydroxyl groups excluding tert-OH is 1. The van der Waals surface area contributed by atoms with Crippen LogP contribution in [0.5, 0.6) is 5.88 Å². The van der Waals surface area contributed by atoms with Gasteiger partial charge in [-0.15, -0.1) is 0 Å². The van der Waals surface area contributed by atoms with Crippen LogP contribution in [0.2, 0.25) is 0 Å². The Hall–Kier alpha value is -1.56. The third kappa shape index (κ3) is 2.81. The van der Waals surface area contributed by atoms with Gasteiger partial charge in [0, 0.05) is 19.2 Å². The summed E-state index contributed by atoms with van der Waals surface area (Å²) in [5.41, 5.74) is 5.65. The lowest BCUT2D eigenvalue weighted by Gasteiger charge is -2.34. The molecule has 0 radical (unpaired) electrons. The third-order valence-corrected chi connectivity index (χ3v) is 3.46. The predicted molar refractivity (Wildman–Crippen MR) is 69.6 cm³/mol. The summed E-state index contributed by atoms with van der Waals surface area (Å²) in [6.45, 7) is 3.59. The highest BCUT2D eigenvalue weighted by atomic mass is 16.5. The van der Waals surface area contributed by atoms with Gasteiger partial charge in [0.05, 0.1) is 13.2 Å². The zero-order valence-electron chi connectivity index (χ0n) is 10.8. The fourth-order valence-corrected chi connectivity index (χ4v) is 2.31. The Bertz CT molecular complexity index is 403. The van der Waals surface area contributed by atoms with E-state index in [2.05, 4.69) is 14.9 Å². The van der Waals surface area contributed by atoms with Crippen LogP contribution in [0.1, 0.15) is 19.8 Å². The van der Waals surface area contributed by atoms with Crippen molar-refractivity contribution in [1.82, 2.24) is 9.97 Å². The minimum atomic E-state index is -0.239. The number of nitrogen functional groups attached to an aromatic ring is 1. The number of hydrogen-bond acceptors (Lipinski definition) is 6. The van der Waals surface area contributed by atoms with Gasteiger partial charge in [-0.05, 0) is 25.7 Å². The van der Waals surface area contributed by atoms with Gasteiger partial charge in [0.1, 0.15) is 5.82 Å². The molecule has 1 aliphatic heterocycles. The number of rotatable bonds is 3. The summed E-state index contributed by atoms with van der Waals surface area (Å²) in [6.07, 6.45) is 1.69. The van der Waals surface area contributed by atoms with E-state index in [1.54, 1.807) is 13.2 Å². The molecule has 2 heterocycles. The molecule has 100 valence electrons. The minimum absolute atomic E-state index is 0.224. The van der Waals surface area contributed by atoms with Gasteiger partial charge in [0.15, 0.2) is 0 Å². The van der Waals surface area contributed by atoms with Crippen molar-refractivity contribution in [3.05, 3.63) is 6.07 Å². The van der Waals surface area contributed by atoms with Crippen LogP contribution in [0.15, 0.2) is 6.07 Å². The second-order valence-electron chi connectivity index (χ2n) is 4.69. The number of hydrogen-bond donors (Lipinski definition) is 2. The van der Waals surface area contributed by atoms with E-state index in [0.29, 0.717) is 11.8 Å². The number of piperidine rings is 1. The van der Waals surface area contributed by atoms with Crippen molar-refractivity contribution in [1.29, 1.82) is 0 Å². The van der Waals surface area contributed by atoms with E-state index in [1.807, 2.05) is 6.92 Å². The molecule has 0 bridgehead atoms. The van der Waals surface area contributed by atoms with Crippen LogP contribution in [0.4, 0.5) is 11.8 Å². The zero-order chi connectivity index (χ0) is 13.1. The molecule has 0 spiro atoms. The summed E-state index contributed by atoms with van der Waals surface area (Å²) in [4.78, 5) is 10.3. The van der Waals surface area contributed by atoms with Crippen molar-refractivity contribution < 1.29 is 9.84 Å². The quantitative estimate of drug-likeness (QED) is 0.822. The molecule has 18 heavy (non-hydrogen) atoms. The van der Waals surface area contributed by atoms with Crippen LogP contribution in [0, 0.1) is 5.92 Å². The first kappa shape index (κ1) is 12.9. The normalized spacial score (nSPS) is 18.7. The van der Waals surface area contributed by atoms with Crippen LogP contribution >= 0.6 is 0 Å². The van der Waals surface area contributed by atoms with Crippen molar-refractivity contribution >= 4 is 11.8 Å². The number of aromatic nitrogens is 2. The highest BCUT2D eigenvalue weighted by molar-refractivity contribution is 5.45. The Balaban J connectivity index is 2.07. The Morgan fingerprint density at radius 3 is 2.67 bits per heavy atom. The third-order valence-electron chi connectivity index (χ3n) is 3.46. The number of ether oxygens (including phenoxy) is 1. The Kier molecular flexibility index (Phi) is 3.86.